The molecule has 0 saturated carbocycles. The second kappa shape index (κ2) is 6.35. The molecule has 7 heteroatoms. The Morgan fingerprint density at radius 1 is 1.29 bits per heavy atom. The largest absolute Gasteiger partial charge is 0.454 e. The molecule has 106 valence electrons. The number of hydrogen-bond donors (Lipinski definition) is 0. The third-order valence-corrected chi connectivity index (χ3v) is 4.42. The van der Waals surface area contributed by atoms with Gasteiger partial charge in [-0.3, -0.25) is 0 Å². The molecule has 0 aliphatic carbocycles. The Labute approximate surface area is 138 Å². The van der Waals surface area contributed by atoms with Crippen LogP contribution in [0.25, 0.3) is 10.8 Å². The summed E-state index contributed by atoms with van der Waals surface area (Å²) in [7, 11) is 0. The quantitative estimate of drug-likeness (QED) is 0.483. The third kappa shape index (κ3) is 3.30. The van der Waals surface area contributed by atoms with E-state index in [1.54, 1.807) is 12.1 Å². The monoisotopic (exact) mass is 412 g/mol. The van der Waals surface area contributed by atoms with Gasteiger partial charge < -0.3 is 9.26 Å². The van der Waals surface area contributed by atoms with Gasteiger partial charge in [-0.2, -0.15) is 4.98 Å². The average molecular weight is 412 g/mol. The minimum absolute atomic E-state index is 0.0152. The number of esters is 1. The van der Waals surface area contributed by atoms with E-state index in [9.17, 15) is 4.79 Å². The van der Waals surface area contributed by atoms with Crippen LogP contribution < -0.4 is 0 Å². The van der Waals surface area contributed by atoms with Crippen molar-refractivity contribution in [1.29, 1.82) is 0 Å². The van der Waals surface area contributed by atoms with E-state index in [-0.39, 0.29) is 6.61 Å². The summed E-state index contributed by atoms with van der Waals surface area (Å²) in [4.78, 5) is 17.0. The van der Waals surface area contributed by atoms with E-state index in [1.165, 1.54) is 11.3 Å². The normalized spacial score (nSPS) is 10.5. The Morgan fingerprint density at radius 3 is 2.90 bits per heavy atom. The number of carbonyl (C=O) groups is 1. The maximum Gasteiger partial charge on any atom is 0.339 e. The SMILES string of the molecule is O=C(OCc1noc(-c2cccs2)n1)c1ccccc1I. The van der Waals surface area contributed by atoms with Crippen molar-refractivity contribution in [3.8, 4) is 10.8 Å². The van der Waals surface area contributed by atoms with E-state index in [4.69, 9.17) is 9.26 Å². The minimum Gasteiger partial charge on any atom is -0.454 e. The lowest BCUT2D eigenvalue weighted by Crippen LogP contribution is -2.07. The van der Waals surface area contributed by atoms with Crippen molar-refractivity contribution >= 4 is 39.9 Å². The summed E-state index contributed by atoms with van der Waals surface area (Å²) in [6.07, 6.45) is 0. The molecule has 0 atom stereocenters. The molecule has 0 N–H and O–H groups in total. The zero-order valence-corrected chi connectivity index (χ0v) is 13.6. The van der Waals surface area contributed by atoms with Gasteiger partial charge in [-0.25, -0.2) is 4.79 Å². The van der Waals surface area contributed by atoms with Crippen LogP contribution in [0.1, 0.15) is 16.2 Å². The molecule has 0 saturated heterocycles. The van der Waals surface area contributed by atoms with Gasteiger partial charge in [0.2, 0.25) is 5.82 Å². The van der Waals surface area contributed by atoms with Crippen molar-refractivity contribution < 1.29 is 14.1 Å². The molecule has 21 heavy (non-hydrogen) atoms. The van der Waals surface area contributed by atoms with Gasteiger partial charge in [-0.15, -0.1) is 11.3 Å². The summed E-state index contributed by atoms with van der Waals surface area (Å²) < 4.78 is 11.2. The molecule has 0 fully saturated rings. The molecule has 0 bridgehead atoms. The fraction of sp³-hybridized carbons (Fsp3) is 0.0714. The van der Waals surface area contributed by atoms with E-state index in [2.05, 4.69) is 32.7 Å². The first-order chi connectivity index (χ1) is 10.2. The van der Waals surface area contributed by atoms with Crippen molar-refractivity contribution in [3.05, 3.63) is 56.7 Å². The number of ether oxygens (including phenoxy) is 1. The fourth-order valence-corrected chi connectivity index (χ4v) is 2.90. The highest BCUT2D eigenvalue weighted by Crippen LogP contribution is 2.22. The number of nitrogens with zero attached hydrogens (tertiary/aromatic N) is 2. The van der Waals surface area contributed by atoms with E-state index in [1.807, 2.05) is 29.6 Å². The van der Waals surface area contributed by atoms with Crippen LogP contribution in [0, 0.1) is 3.57 Å². The molecule has 2 aromatic heterocycles. The summed E-state index contributed by atoms with van der Waals surface area (Å²) in [6, 6.07) is 11.0. The number of thiophene rings is 1. The second-order valence-electron chi connectivity index (χ2n) is 4.05. The number of rotatable bonds is 4. The number of aromatic nitrogens is 2. The standard InChI is InChI=1S/C14H9IN2O3S/c15-10-5-2-1-4-9(10)14(18)19-8-12-16-13(20-17-12)11-6-3-7-21-11/h1-7H,8H2. The van der Waals surface area contributed by atoms with Gasteiger partial charge in [0.05, 0.1) is 10.4 Å². The molecule has 0 aliphatic heterocycles. The Kier molecular flexibility index (Phi) is 4.30. The van der Waals surface area contributed by atoms with Gasteiger partial charge >= 0.3 is 5.97 Å². The molecular formula is C14H9IN2O3S. The summed E-state index contributed by atoms with van der Waals surface area (Å²) in [5, 5.41) is 5.73. The highest BCUT2D eigenvalue weighted by molar-refractivity contribution is 14.1. The summed E-state index contributed by atoms with van der Waals surface area (Å²) in [5.41, 5.74) is 0.528. The van der Waals surface area contributed by atoms with Crippen LogP contribution in [0.5, 0.6) is 0 Å². The van der Waals surface area contributed by atoms with Gasteiger partial charge in [0.1, 0.15) is 0 Å². The van der Waals surface area contributed by atoms with Crippen LogP contribution in [-0.4, -0.2) is 16.1 Å². The average Bonchev–Trinajstić information content (AvgIpc) is 3.16. The number of hydrogen-bond acceptors (Lipinski definition) is 6. The highest BCUT2D eigenvalue weighted by Gasteiger charge is 2.14. The van der Waals surface area contributed by atoms with E-state index < -0.39 is 5.97 Å². The van der Waals surface area contributed by atoms with E-state index in [0.717, 1.165) is 8.45 Å². The Hall–Kier alpha value is -1.74. The van der Waals surface area contributed by atoms with E-state index >= 15 is 0 Å². The van der Waals surface area contributed by atoms with Gasteiger partial charge in [0.25, 0.3) is 5.89 Å². The number of halogens is 1. The van der Waals surface area contributed by atoms with Crippen LogP contribution in [0.15, 0.2) is 46.3 Å². The van der Waals surface area contributed by atoms with Crippen LogP contribution in [-0.2, 0) is 11.3 Å². The third-order valence-electron chi connectivity index (χ3n) is 2.63. The molecular weight excluding hydrogens is 403 g/mol. The molecule has 3 rings (SSSR count). The lowest BCUT2D eigenvalue weighted by Gasteiger charge is -2.03. The van der Waals surface area contributed by atoms with Crippen molar-refractivity contribution in [3.63, 3.8) is 0 Å². The lowest BCUT2D eigenvalue weighted by atomic mass is 10.2. The molecule has 0 spiro atoms. The first-order valence-corrected chi connectivity index (χ1v) is 7.98. The zero-order valence-electron chi connectivity index (χ0n) is 10.7. The second-order valence-corrected chi connectivity index (χ2v) is 6.16. The molecule has 5 nitrogen and oxygen atoms in total. The first-order valence-electron chi connectivity index (χ1n) is 6.02. The molecule has 0 aliphatic rings. The Morgan fingerprint density at radius 2 is 2.14 bits per heavy atom. The molecule has 3 aromatic rings. The number of benzene rings is 1. The first kappa shape index (κ1) is 14.2. The molecule has 0 unspecified atom stereocenters. The van der Waals surface area contributed by atoms with Crippen molar-refractivity contribution in [2.24, 2.45) is 0 Å². The summed E-state index contributed by atoms with van der Waals surface area (Å²) in [6.45, 7) is -0.0152. The number of carbonyl (C=O) groups excluding carboxylic acids is 1. The topological polar surface area (TPSA) is 65.2 Å². The molecule has 1 aromatic carbocycles. The van der Waals surface area contributed by atoms with Gasteiger partial charge in [0.15, 0.2) is 6.61 Å². The lowest BCUT2D eigenvalue weighted by molar-refractivity contribution is 0.0458. The van der Waals surface area contributed by atoms with Crippen LogP contribution >= 0.6 is 33.9 Å². The highest BCUT2D eigenvalue weighted by atomic mass is 127. The smallest absolute Gasteiger partial charge is 0.339 e. The summed E-state index contributed by atoms with van der Waals surface area (Å²) >= 11 is 3.60. The fourth-order valence-electron chi connectivity index (χ4n) is 1.65. The van der Waals surface area contributed by atoms with Crippen molar-refractivity contribution in [2.75, 3.05) is 0 Å². The predicted octanol–water partition coefficient (Wildman–Crippen LogP) is 3.76. The Balaban J connectivity index is 1.66. The van der Waals surface area contributed by atoms with Crippen molar-refractivity contribution in [1.82, 2.24) is 10.1 Å². The van der Waals surface area contributed by atoms with Gasteiger partial charge in [0, 0.05) is 3.57 Å². The zero-order chi connectivity index (χ0) is 14.7. The van der Waals surface area contributed by atoms with E-state index in [0.29, 0.717) is 17.3 Å². The Bertz CT molecular complexity index is 755. The minimum atomic E-state index is -0.400. The molecule has 0 radical (unpaired) electrons. The van der Waals surface area contributed by atoms with Crippen LogP contribution in [0.2, 0.25) is 0 Å². The maximum absolute atomic E-state index is 12.0. The van der Waals surface area contributed by atoms with Crippen molar-refractivity contribution in [2.45, 2.75) is 6.61 Å². The van der Waals surface area contributed by atoms with Crippen LogP contribution in [0.4, 0.5) is 0 Å². The molecule has 0 amide bonds. The van der Waals surface area contributed by atoms with Crippen LogP contribution in [0.3, 0.4) is 0 Å². The van der Waals surface area contributed by atoms with Gasteiger partial charge in [-0.05, 0) is 46.2 Å². The maximum atomic E-state index is 12.0. The molecule has 2 heterocycles. The summed E-state index contributed by atoms with van der Waals surface area (Å²) in [5.74, 6) is 0.380. The predicted molar refractivity (Wildman–Crippen MR) is 85.9 cm³/mol. The van der Waals surface area contributed by atoms with Gasteiger partial charge in [-0.1, -0.05) is 23.4 Å².